The summed E-state index contributed by atoms with van der Waals surface area (Å²) < 4.78 is 7.31. The van der Waals surface area contributed by atoms with Gasteiger partial charge < -0.3 is 10.1 Å². The molecule has 1 unspecified atom stereocenters. The maximum absolute atomic E-state index is 6.04. The Hall–Kier alpha value is -1.13. The number of ether oxygens (including phenoxy) is 1. The fourth-order valence-corrected chi connectivity index (χ4v) is 4.20. The zero-order chi connectivity index (χ0) is 14.1. The molecule has 1 saturated heterocycles. The van der Waals surface area contributed by atoms with Gasteiger partial charge in [0.15, 0.2) is 0 Å². The Kier molecular flexibility index (Phi) is 3.82. The molecule has 0 spiro atoms. The fourth-order valence-electron chi connectivity index (χ4n) is 3.04. The van der Waals surface area contributed by atoms with E-state index in [0.29, 0.717) is 6.04 Å². The number of hydrogen-bond donors (Lipinski definition) is 1. The molecule has 4 rings (SSSR count). The lowest BCUT2D eigenvalue weighted by Gasteiger charge is -2.23. The zero-order valence-corrected chi connectivity index (χ0v) is 13.1. The van der Waals surface area contributed by atoms with Crippen molar-refractivity contribution in [3.63, 3.8) is 0 Å². The third-order valence-corrected chi connectivity index (χ3v) is 5.64. The summed E-state index contributed by atoms with van der Waals surface area (Å²) in [6.07, 6.45) is 7.67. The highest BCUT2D eigenvalue weighted by Gasteiger charge is 2.27. The molecule has 0 bridgehead atoms. The number of nitrogens with one attached hydrogen (secondary N) is 1. The first-order chi connectivity index (χ1) is 10.4. The molecule has 0 radical (unpaired) electrons. The van der Waals surface area contributed by atoms with Gasteiger partial charge in [-0.2, -0.15) is 0 Å². The molecule has 2 aromatic rings. The van der Waals surface area contributed by atoms with Gasteiger partial charge in [-0.1, -0.05) is 12.5 Å². The molecule has 2 fully saturated rings. The van der Waals surface area contributed by atoms with Crippen LogP contribution in [0.4, 0.5) is 0 Å². The molecule has 2 heterocycles. The van der Waals surface area contributed by atoms with Crippen molar-refractivity contribution >= 4 is 21.6 Å². The van der Waals surface area contributed by atoms with Gasteiger partial charge in [0.2, 0.25) is 0 Å². The third kappa shape index (κ3) is 3.06. The number of aromatic nitrogens is 1. The largest absolute Gasteiger partial charge is 0.491 e. The molecule has 1 atom stereocenters. The molecular weight excluding hydrogens is 280 g/mol. The normalized spacial score (nSPS) is 22.6. The molecule has 2 aliphatic rings. The van der Waals surface area contributed by atoms with Crippen molar-refractivity contribution in [3.8, 4) is 5.75 Å². The maximum atomic E-state index is 6.04. The summed E-state index contributed by atoms with van der Waals surface area (Å²) >= 11 is 1.84. The molecule has 112 valence electrons. The zero-order valence-electron chi connectivity index (χ0n) is 12.3. The Balaban J connectivity index is 1.42. The second-order valence-electron chi connectivity index (χ2n) is 6.21. The molecule has 1 aliphatic carbocycles. The SMILES string of the molecule is c1cc(OCCC2CCCCN2)c2nc(C3CC3)sc2c1. The van der Waals surface area contributed by atoms with Crippen LogP contribution in [0.3, 0.4) is 0 Å². The molecule has 1 aromatic heterocycles. The van der Waals surface area contributed by atoms with E-state index in [9.17, 15) is 0 Å². The van der Waals surface area contributed by atoms with Crippen molar-refractivity contribution in [2.75, 3.05) is 13.2 Å². The predicted molar refractivity (Wildman–Crippen MR) is 87.3 cm³/mol. The molecule has 1 aliphatic heterocycles. The summed E-state index contributed by atoms with van der Waals surface area (Å²) in [7, 11) is 0. The molecule has 21 heavy (non-hydrogen) atoms. The van der Waals surface area contributed by atoms with Gasteiger partial charge in [-0.25, -0.2) is 4.98 Å². The van der Waals surface area contributed by atoms with E-state index in [-0.39, 0.29) is 0 Å². The molecule has 1 N–H and O–H groups in total. The van der Waals surface area contributed by atoms with Crippen molar-refractivity contribution in [2.45, 2.75) is 50.5 Å². The van der Waals surface area contributed by atoms with Crippen molar-refractivity contribution in [2.24, 2.45) is 0 Å². The average molecular weight is 302 g/mol. The van der Waals surface area contributed by atoms with Gasteiger partial charge in [-0.3, -0.25) is 0 Å². The highest BCUT2D eigenvalue weighted by Crippen LogP contribution is 2.44. The summed E-state index contributed by atoms with van der Waals surface area (Å²) in [5.74, 6) is 1.69. The Morgan fingerprint density at radius 3 is 3.00 bits per heavy atom. The minimum atomic E-state index is 0.635. The maximum Gasteiger partial charge on any atom is 0.146 e. The van der Waals surface area contributed by atoms with Crippen LogP contribution >= 0.6 is 11.3 Å². The van der Waals surface area contributed by atoms with Crippen LogP contribution in [0.15, 0.2) is 18.2 Å². The van der Waals surface area contributed by atoms with Gasteiger partial charge >= 0.3 is 0 Å². The smallest absolute Gasteiger partial charge is 0.146 e. The van der Waals surface area contributed by atoms with Crippen LogP contribution in [0.25, 0.3) is 10.2 Å². The van der Waals surface area contributed by atoms with Gasteiger partial charge in [0.25, 0.3) is 0 Å². The third-order valence-electron chi connectivity index (χ3n) is 4.46. The lowest BCUT2D eigenvalue weighted by Crippen LogP contribution is -2.35. The Morgan fingerprint density at radius 2 is 2.19 bits per heavy atom. The topological polar surface area (TPSA) is 34.1 Å². The van der Waals surface area contributed by atoms with Crippen LogP contribution in [0.5, 0.6) is 5.75 Å². The van der Waals surface area contributed by atoms with Crippen molar-refractivity contribution < 1.29 is 4.74 Å². The minimum absolute atomic E-state index is 0.635. The first-order valence-corrected chi connectivity index (χ1v) is 8.97. The minimum Gasteiger partial charge on any atom is -0.491 e. The molecule has 4 heteroatoms. The van der Waals surface area contributed by atoms with Gasteiger partial charge in [0, 0.05) is 12.0 Å². The van der Waals surface area contributed by atoms with Crippen LogP contribution in [0.1, 0.15) is 49.5 Å². The van der Waals surface area contributed by atoms with E-state index in [4.69, 9.17) is 9.72 Å². The molecule has 3 nitrogen and oxygen atoms in total. The first kappa shape index (κ1) is 13.5. The van der Waals surface area contributed by atoms with E-state index < -0.39 is 0 Å². The number of rotatable bonds is 5. The second-order valence-corrected chi connectivity index (χ2v) is 7.28. The molecule has 0 amide bonds. The molecule has 1 saturated carbocycles. The second kappa shape index (κ2) is 5.93. The quantitative estimate of drug-likeness (QED) is 0.903. The number of piperidine rings is 1. The highest BCUT2D eigenvalue weighted by molar-refractivity contribution is 7.18. The molecule has 1 aromatic carbocycles. The fraction of sp³-hybridized carbons (Fsp3) is 0.588. The van der Waals surface area contributed by atoms with Crippen LogP contribution in [-0.4, -0.2) is 24.2 Å². The van der Waals surface area contributed by atoms with E-state index in [2.05, 4.69) is 23.5 Å². The molecular formula is C17H22N2OS. The van der Waals surface area contributed by atoms with Crippen LogP contribution in [0.2, 0.25) is 0 Å². The lowest BCUT2D eigenvalue weighted by atomic mass is 10.0. The summed E-state index contributed by atoms with van der Waals surface area (Å²) in [6.45, 7) is 1.95. The van der Waals surface area contributed by atoms with Crippen LogP contribution < -0.4 is 10.1 Å². The Morgan fingerprint density at radius 1 is 1.24 bits per heavy atom. The van der Waals surface area contributed by atoms with E-state index in [0.717, 1.165) is 36.8 Å². The van der Waals surface area contributed by atoms with Crippen LogP contribution in [0, 0.1) is 0 Å². The van der Waals surface area contributed by atoms with Crippen LogP contribution in [-0.2, 0) is 0 Å². The number of nitrogens with zero attached hydrogens (tertiary/aromatic N) is 1. The first-order valence-electron chi connectivity index (χ1n) is 8.16. The number of fused-ring (bicyclic) bond motifs is 1. The van der Waals surface area contributed by atoms with E-state index in [1.807, 2.05) is 11.3 Å². The number of hydrogen-bond acceptors (Lipinski definition) is 4. The lowest BCUT2D eigenvalue weighted by molar-refractivity contribution is 0.270. The highest BCUT2D eigenvalue weighted by atomic mass is 32.1. The monoisotopic (exact) mass is 302 g/mol. The summed E-state index contributed by atoms with van der Waals surface area (Å²) in [6, 6.07) is 6.95. The van der Waals surface area contributed by atoms with Gasteiger partial charge in [-0.05, 0) is 50.8 Å². The van der Waals surface area contributed by atoms with Crippen molar-refractivity contribution in [1.82, 2.24) is 10.3 Å². The van der Waals surface area contributed by atoms with E-state index in [1.54, 1.807) is 0 Å². The number of thiazole rings is 1. The predicted octanol–water partition coefficient (Wildman–Crippen LogP) is 4.08. The standard InChI is InChI=1S/C17H22N2OS/c1-2-10-18-13(4-1)9-11-20-14-5-3-6-15-16(14)19-17(21-15)12-7-8-12/h3,5-6,12-13,18H,1-2,4,7-11H2. The Bertz CT molecular complexity index is 614. The summed E-state index contributed by atoms with van der Waals surface area (Å²) in [5.41, 5.74) is 1.07. The number of benzene rings is 1. The van der Waals surface area contributed by atoms with Crippen molar-refractivity contribution in [3.05, 3.63) is 23.2 Å². The van der Waals surface area contributed by atoms with E-state index in [1.165, 1.54) is 41.8 Å². The average Bonchev–Trinajstić information content (AvgIpc) is 3.28. The summed E-state index contributed by atoms with van der Waals surface area (Å²) in [4.78, 5) is 4.82. The number of para-hydroxylation sites is 1. The summed E-state index contributed by atoms with van der Waals surface area (Å²) in [5, 5.41) is 4.88. The van der Waals surface area contributed by atoms with Gasteiger partial charge in [-0.15, -0.1) is 11.3 Å². The van der Waals surface area contributed by atoms with Crippen molar-refractivity contribution in [1.29, 1.82) is 0 Å². The Labute approximate surface area is 129 Å². The van der Waals surface area contributed by atoms with E-state index >= 15 is 0 Å². The van der Waals surface area contributed by atoms with Gasteiger partial charge in [0.05, 0.1) is 16.3 Å². The van der Waals surface area contributed by atoms with Gasteiger partial charge in [0.1, 0.15) is 11.3 Å².